The number of esters is 2. The highest BCUT2D eigenvalue weighted by Crippen LogP contribution is 2.14. The van der Waals surface area contributed by atoms with E-state index in [9.17, 15) is 18.8 Å². The molecule has 0 heterocycles. The van der Waals surface area contributed by atoms with Crippen LogP contribution in [0.2, 0.25) is 0 Å². The Morgan fingerprint density at radius 1 is 1.16 bits per heavy atom. The lowest BCUT2D eigenvalue weighted by atomic mass is 10.1. The first-order valence-electron chi connectivity index (χ1n) is 8.03. The van der Waals surface area contributed by atoms with Crippen LogP contribution in [-0.2, 0) is 19.1 Å². The van der Waals surface area contributed by atoms with Crippen LogP contribution in [0.4, 0.5) is 10.1 Å². The van der Waals surface area contributed by atoms with Gasteiger partial charge in [-0.25, -0.2) is 9.18 Å². The van der Waals surface area contributed by atoms with Crippen LogP contribution in [0.1, 0.15) is 37.0 Å². The molecule has 0 aromatic heterocycles. The van der Waals surface area contributed by atoms with Crippen molar-refractivity contribution < 1.29 is 28.2 Å². The number of amides is 1. The third-order valence-electron chi connectivity index (χ3n) is 3.32. The van der Waals surface area contributed by atoms with E-state index in [0.29, 0.717) is 5.69 Å². The van der Waals surface area contributed by atoms with Crippen LogP contribution >= 0.6 is 0 Å². The molecule has 0 fully saturated rings. The minimum absolute atomic E-state index is 0.000372. The molecular weight excluding hydrogens is 331 g/mol. The summed E-state index contributed by atoms with van der Waals surface area (Å²) in [6.07, 6.45) is -0.0710. The van der Waals surface area contributed by atoms with E-state index in [-0.39, 0.29) is 31.6 Å². The van der Waals surface area contributed by atoms with Crippen molar-refractivity contribution in [3.63, 3.8) is 0 Å². The number of halogens is 1. The minimum atomic E-state index is -1.07. The van der Waals surface area contributed by atoms with Gasteiger partial charge >= 0.3 is 11.9 Å². The highest BCUT2D eigenvalue weighted by atomic mass is 19.1. The van der Waals surface area contributed by atoms with E-state index in [1.54, 1.807) is 20.9 Å². The Bertz CT molecular complexity index is 621. The summed E-state index contributed by atoms with van der Waals surface area (Å²) in [5.74, 6) is -2.66. The van der Waals surface area contributed by atoms with Crippen molar-refractivity contribution in [3.05, 3.63) is 29.6 Å². The minimum Gasteiger partial charge on any atom is -0.466 e. The molecule has 0 aliphatic rings. The monoisotopic (exact) mass is 354 g/mol. The van der Waals surface area contributed by atoms with Gasteiger partial charge in [0.25, 0.3) is 5.91 Å². The molecule has 0 bridgehead atoms. The molecule has 25 heavy (non-hydrogen) atoms. The molecular formula is C17H23FN2O5. The van der Waals surface area contributed by atoms with Crippen molar-refractivity contribution in [2.75, 3.05) is 25.6 Å². The Balaban J connectivity index is 2.83. The van der Waals surface area contributed by atoms with Crippen molar-refractivity contribution in [3.8, 4) is 0 Å². The molecule has 1 atom stereocenters. The van der Waals surface area contributed by atoms with Gasteiger partial charge in [0.1, 0.15) is 11.9 Å². The number of rotatable bonds is 9. The maximum atomic E-state index is 14.0. The lowest BCUT2D eigenvalue weighted by molar-refractivity contribution is -0.146. The zero-order chi connectivity index (χ0) is 18.8. The highest BCUT2D eigenvalue weighted by Gasteiger charge is 2.25. The average molecular weight is 354 g/mol. The van der Waals surface area contributed by atoms with Gasteiger partial charge in [0.05, 0.1) is 18.8 Å². The van der Waals surface area contributed by atoms with E-state index in [2.05, 4.69) is 10.6 Å². The van der Waals surface area contributed by atoms with E-state index in [1.165, 1.54) is 18.2 Å². The van der Waals surface area contributed by atoms with Crippen molar-refractivity contribution >= 4 is 23.5 Å². The van der Waals surface area contributed by atoms with Crippen LogP contribution in [-0.4, -0.2) is 44.1 Å². The molecule has 1 amide bonds. The Morgan fingerprint density at radius 2 is 1.84 bits per heavy atom. The second-order valence-electron chi connectivity index (χ2n) is 5.07. The number of carbonyl (C=O) groups excluding carboxylic acids is 3. The molecule has 0 radical (unpaired) electrons. The van der Waals surface area contributed by atoms with Crippen LogP contribution in [0.3, 0.4) is 0 Å². The first-order valence-corrected chi connectivity index (χ1v) is 8.03. The van der Waals surface area contributed by atoms with Crippen LogP contribution in [0.15, 0.2) is 18.2 Å². The molecule has 1 rings (SSSR count). The molecule has 0 spiro atoms. The molecule has 1 aromatic carbocycles. The van der Waals surface area contributed by atoms with Gasteiger partial charge in [0.2, 0.25) is 0 Å². The first kappa shape index (κ1) is 20.4. The SMILES string of the molecule is CCOC(=O)CC[C@H](NC(=O)c1ccc(NC)cc1F)C(=O)OCC. The normalized spacial score (nSPS) is 11.4. The molecule has 0 aliphatic carbocycles. The molecule has 0 unspecified atom stereocenters. The van der Waals surface area contributed by atoms with Gasteiger partial charge in [-0.1, -0.05) is 0 Å². The maximum Gasteiger partial charge on any atom is 0.328 e. The van der Waals surface area contributed by atoms with E-state index >= 15 is 0 Å². The topological polar surface area (TPSA) is 93.7 Å². The largest absolute Gasteiger partial charge is 0.466 e. The van der Waals surface area contributed by atoms with E-state index < -0.39 is 29.7 Å². The van der Waals surface area contributed by atoms with Crippen LogP contribution in [0.25, 0.3) is 0 Å². The number of carbonyl (C=O) groups is 3. The quantitative estimate of drug-likeness (QED) is 0.658. The fourth-order valence-electron chi connectivity index (χ4n) is 2.08. The van der Waals surface area contributed by atoms with Crippen molar-refractivity contribution in [2.24, 2.45) is 0 Å². The molecule has 1 aromatic rings. The van der Waals surface area contributed by atoms with Gasteiger partial charge in [0.15, 0.2) is 0 Å². The second-order valence-corrected chi connectivity index (χ2v) is 5.07. The molecule has 138 valence electrons. The van der Waals surface area contributed by atoms with Crippen molar-refractivity contribution in [2.45, 2.75) is 32.7 Å². The zero-order valence-electron chi connectivity index (χ0n) is 14.6. The number of hydrogen-bond acceptors (Lipinski definition) is 6. The first-order chi connectivity index (χ1) is 11.9. The predicted molar refractivity (Wildman–Crippen MR) is 89.7 cm³/mol. The summed E-state index contributed by atoms with van der Waals surface area (Å²) in [6.45, 7) is 3.63. The summed E-state index contributed by atoms with van der Waals surface area (Å²) < 4.78 is 23.7. The smallest absolute Gasteiger partial charge is 0.328 e. The van der Waals surface area contributed by atoms with E-state index in [4.69, 9.17) is 9.47 Å². The molecule has 0 aliphatic heterocycles. The summed E-state index contributed by atoms with van der Waals surface area (Å²) in [4.78, 5) is 35.7. The third-order valence-corrected chi connectivity index (χ3v) is 3.32. The van der Waals surface area contributed by atoms with Crippen LogP contribution in [0, 0.1) is 5.82 Å². The Kier molecular flexibility index (Phi) is 8.38. The number of anilines is 1. The average Bonchev–Trinajstić information content (AvgIpc) is 2.58. The van der Waals surface area contributed by atoms with Crippen LogP contribution in [0.5, 0.6) is 0 Å². The molecule has 0 saturated heterocycles. The number of nitrogens with one attached hydrogen (secondary N) is 2. The number of ether oxygens (including phenoxy) is 2. The Morgan fingerprint density at radius 3 is 2.40 bits per heavy atom. The summed E-state index contributed by atoms with van der Waals surface area (Å²) in [6, 6.07) is 2.95. The second kappa shape index (κ2) is 10.3. The van der Waals surface area contributed by atoms with Gasteiger partial charge < -0.3 is 20.1 Å². The van der Waals surface area contributed by atoms with Crippen molar-refractivity contribution in [1.82, 2.24) is 5.32 Å². The summed E-state index contributed by atoms with van der Waals surface area (Å²) in [7, 11) is 1.63. The number of hydrogen-bond donors (Lipinski definition) is 2. The van der Waals surface area contributed by atoms with Crippen molar-refractivity contribution in [1.29, 1.82) is 0 Å². The van der Waals surface area contributed by atoms with Crippen LogP contribution < -0.4 is 10.6 Å². The Hall–Kier alpha value is -2.64. The van der Waals surface area contributed by atoms with E-state index in [1.807, 2.05) is 0 Å². The van der Waals surface area contributed by atoms with E-state index in [0.717, 1.165) is 0 Å². The van der Waals surface area contributed by atoms with Gasteiger partial charge in [0, 0.05) is 19.2 Å². The number of benzene rings is 1. The fraction of sp³-hybridized carbons (Fsp3) is 0.471. The highest BCUT2D eigenvalue weighted by molar-refractivity contribution is 5.97. The summed E-state index contributed by atoms with van der Waals surface area (Å²) >= 11 is 0. The van der Waals surface area contributed by atoms with Gasteiger partial charge in [-0.05, 0) is 38.5 Å². The third kappa shape index (κ3) is 6.40. The predicted octanol–water partition coefficient (Wildman–Crippen LogP) is 1.87. The standard InChI is InChI=1S/C17H23FN2O5/c1-4-24-15(21)9-8-14(17(23)25-5-2)20-16(22)12-7-6-11(19-3)10-13(12)18/h6-7,10,14,19H,4-5,8-9H2,1-3H3,(H,20,22)/t14-/m0/s1. The lowest BCUT2D eigenvalue weighted by Crippen LogP contribution is -2.42. The zero-order valence-corrected chi connectivity index (χ0v) is 14.6. The summed E-state index contributed by atoms with van der Waals surface area (Å²) in [5.41, 5.74) is 0.308. The molecule has 0 saturated carbocycles. The molecule has 7 nitrogen and oxygen atoms in total. The molecule has 2 N–H and O–H groups in total. The fourth-order valence-corrected chi connectivity index (χ4v) is 2.08. The van der Waals surface area contributed by atoms with Gasteiger partial charge in [-0.3, -0.25) is 9.59 Å². The van der Waals surface area contributed by atoms with Gasteiger partial charge in [-0.15, -0.1) is 0 Å². The Labute approximate surface area is 145 Å². The van der Waals surface area contributed by atoms with Gasteiger partial charge in [-0.2, -0.15) is 0 Å². The molecule has 8 heteroatoms. The lowest BCUT2D eigenvalue weighted by Gasteiger charge is -2.17. The summed E-state index contributed by atoms with van der Waals surface area (Å²) in [5, 5.41) is 5.17. The maximum absolute atomic E-state index is 14.0.